The molecule has 0 aliphatic carbocycles. The molecule has 23 heavy (non-hydrogen) atoms. The van der Waals surface area contributed by atoms with E-state index in [1.165, 1.54) is 4.88 Å². The smallest absolute Gasteiger partial charge is 0.357 e. The summed E-state index contributed by atoms with van der Waals surface area (Å²) in [7, 11) is 0. The molecule has 126 valence electrons. The van der Waals surface area contributed by atoms with Crippen molar-refractivity contribution in [3.63, 3.8) is 0 Å². The molecule has 0 saturated heterocycles. The summed E-state index contributed by atoms with van der Waals surface area (Å²) in [6, 6.07) is 4.06. The number of guanidine groups is 1. The van der Waals surface area contributed by atoms with Crippen molar-refractivity contribution in [2.24, 2.45) is 4.99 Å². The lowest BCUT2D eigenvalue weighted by Gasteiger charge is -2.10. The minimum absolute atomic E-state index is 0.120. The lowest BCUT2D eigenvalue weighted by molar-refractivity contribution is -0.140. The van der Waals surface area contributed by atoms with Crippen LogP contribution in [0, 0.1) is 0 Å². The van der Waals surface area contributed by atoms with Crippen LogP contribution in [0.4, 0.5) is 13.2 Å². The Morgan fingerprint density at radius 1 is 1.30 bits per heavy atom. The molecule has 0 saturated carbocycles. The molecule has 2 rings (SSSR count). The fourth-order valence-corrected chi connectivity index (χ4v) is 3.19. The lowest BCUT2D eigenvalue weighted by atomic mass is 10.3. The average Bonchev–Trinajstić information content (AvgIpc) is 3.15. The van der Waals surface area contributed by atoms with E-state index in [9.17, 15) is 13.2 Å². The fraction of sp³-hybridized carbons (Fsp3) is 0.429. The SMILES string of the molecule is CCNC(=NCc1nc(C(F)(F)F)cs1)NCCc1cccs1. The van der Waals surface area contributed by atoms with Crippen molar-refractivity contribution in [1.82, 2.24) is 15.6 Å². The average molecular weight is 362 g/mol. The van der Waals surface area contributed by atoms with Gasteiger partial charge in [0.25, 0.3) is 0 Å². The van der Waals surface area contributed by atoms with E-state index in [1.807, 2.05) is 18.4 Å². The summed E-state index contributed by atoms with van der Waals surface area (Å²) in [5, 5.41) is 9.61. The standard InChI is InChI=1S/C14H17F3N4S2/c1-2-18-13(19-6-5-10-4-3-7-22-10)20-8-12-21-11(9-23-12)14(15,16)17/h3-4,7,9H,2,5-6,8H2,1H3,(H2,18,19,20). The molecule has 0 fully saturated rings. The second-order valence-corrected chi connectivity index (χ2v) is 6.55. The summed E-state index contributed by atoms with van der Waals surface area (Å²) in [4.78, 5) is 9.11. The molecule has 0 bridgehead atoms. The maximum atomic E-state index is 12.5. The Hall–Kier alpha value is -1.61. The van der Waals surface area contributed by atoms with E-state index in [0.29, 0.717) is 24.1 Å². The van der Waals surface area contributed by atoms with Crippen molar-refractivity contribution in [2.75, 3.05) is 13.1 Å². The van der Waals surface area contributed by atoms with Crippen molar-refractivity contribution in [1.29, 1.82) is 0 Å². The van der Waals surface area contributed by atoms with Gasteiger partial charge in [-0.25, -0.2) is 9.98 Å². The molecular weight excluding hydrogens is 345 g/mol. The van der Waals surface area contributed by atoms with Gasteiger partial charge in [-0.1, -0.05) is 6.07 Å². The highest BCUT2D eigenvalue weighted by Gasteiger charge is 2.33. The van der Waals surface area contributed by atoms with Crippen molar-refractivity contribution < 1.29 is 13.2 Å². The van der Waals surface area contributed by atoms with Crippen molar-refractivity contribution in [3.8, 4) is 0 Å². The summed E-state index contributed by atoms with van der Waals surface area (Å²) in [5.41, 5.74) is -0.858. The molecule has 2 heterocycles. The zero-order valence-electron chi connectivity index (χ0n) is 12.5. The number of hydrogen-bond acceptors (Lipinski definition) is 4. The van der Waals surface area contributed by atoms with E-state index >= 15 is 0 Å². The molecule has 0 aliphatic rings. The van der Waals surface area contributed by atoms with Crippen LogP contribution >= 0.6 is 22.7 Å². The minimum atomic E-state index is -4.40. The molecule has 0 radical (unpaired) electrons. The molecule has 9 heteroatoms. The van der Waals surface area contributed by atoms with Crippen molar-refractivity contribution in [3.05, 3.63) is 38.5 Å². The molecule has 0 amide bonds. The summed E-state index contributed by atoms with van der Waals surface area (Å²) < 4.78 is 37.5. The molecule has 0 aliphatic heterocycles. The first-order chi connectivity index (χ1) is 11.0. The highest BCUT2D eigenvalue weighted by atomic mass is 32.1. The van der Waals surface area contributed by atoms with Gasteiger partial charge in [-0.2, -0.15) is 13.2 Å². The van der Waals surface area contributed by atoms with Gasteiger partial charge in [0, 0.05) is 23.3 Å². The van der Waals surface area contributed by atoms with Gasteiger partial charge in [-0.05, 0) is 24.8 Å². The Morgan fingerprint density at radius 2 is 2.13 bits per heavy atom. The van der Waals surface area contributed by atoms with Crippen LogP contribution in [-0.4, -0.2) is 24.0 Å². The van der Waals surface area contributed by atoms with E-state index in [0.717, 1.165) is 23.1 Å². The Morgan fingerprint density at radius 3 is 2.74 bits per heavy atom. The largest absolute Gasteiger partial charge is 0.434 e. The third-order valence-corrected chi connectivity index (χ3v) is 4.57. The van der Waals surface area contributed by atoms with E-state index in [4.69, 9.17) is 0 Å². The van der Waals surface area contributed by atoms with Gasteiger partial charge in [0.05, 0.1) is 6.54 Å². The number of aliphatic imine (C=N–C) groups is 1. The molecule has 0 atom stereocenters. The van der Waals surface area contributed by atoms with Crippen molar-refractivity contribution in [2.45, 2.75) is 26.1 Å². The molecule has 2 N–H and O–H groups in total. The van der Waals surface area contributed by atoms with Crippen molar-refractivity contribution >= 4 is 28.6 Å². The Kier molecular flexibility index (Phi) is 6.40. The quantitative estimate of drug-likeness (QED) is 0.611. The number of aromatic nitrogens is 1. The van der Waals surface area contributed by atoms with Gasteiger partial charge in [0.1, 0.15) is 5.01 Å². The first-order valence-electron chi connectivity index (χ1n) is 7.05. The predicted molar refractivity (Wildman–Crippen MR) is 88.0 cm³/mol. The first-order valence-corrected chi connectivity index (χ1v) is 8.81. The highest BCUT2D eigenvalue weighted by molar-refractivity contribution is 7.10. The van der Waals surface area contributed by atoms with Gasteiger partial charge in [0.15, 0.2) is 11.7 Å². The van der Waals surface area contributed by atoms with Crippen LogP contribution < -0.4 is 10.6 Å². The Bertz CT molecular complexity index is 620. The topological polar surface area (TPSA) is 49.3 Å². The van der Waals surface area contributed by atoms with Gasteiger partial charge >= 0.3 is 6.18 Å². The normalized spacial score (nSPS) is 12.4. The van der Waals surface area contributed by atoms with Gasteiger partial charge in [-0.15, -0.1) is 22.7 Å². The zero-order valence-corrected chi connectivity index (χ0v) is 14.1. The summed E-state index contributed by atoms with van der Waals surface area (Å²) in [6.45, 7) is 3.44. The molecule has 2 aromatic rings. The Labute approximate surface area is 140 Å². The van der Waals surface area contributed by atoms with E-state index in [-0.39, 0.29) is 6.54 Å². The van der Waals surface area contributed by atoms with Crippen LogP contribution in [0.15, 0.2) is 27.9 Å². The van der Waals surface area contributed by atoms with Crippen LogP contribution in [0.1, 0.15) is 22.5 Å². The monoisotopic (exact) mass is 362 g/mol. The maximum Gasteiger partial charge on any atom is 0.434 e. The van der Waals surface area contributed by atoms with E-state index in [1.54, 1.807) is 11.3 Å². The van der Waals surface area contributed by atoms with E-state index < -0.39 is 11.9 Å². The zero-order chi connectivity index (χ0) is 16.7. The summed E-state index contributed by atoms with van der Waals surface area (Å²) in [6.07, 6.45) is -3.53. The Balaban J connectivity index is 1.88. The number of nitrogens with one attached hydrogen (secondary N) is 2. The maximum absolute atomic E-state index is 12.5. The number of hydrogen-bond donors (Lipinski definition) is 2. The van der Waals surface area contributed by atoms with Crippen LogP contribution in [-0.2, 0) is 19.1 Å². The summed E-state index contributed by atoms with van der Waals surface area (Å²) in [5.74, 6) is 0.577. The highest BCUT2D eigenvalue weighted by Crippen LogP contribution is 2.30. The molecule has 4 nitrogen and oxygen atoms in total. The third-order valence-electron chi connectivity index (χ3n) is 2.80. The van der Waals surface area contributed by atoms with Crippen LogP contribution in [0.5, 0.6) is 0 Å². The van der Waals surface area contributed by atoms with Gasteiger partial charge in [0.2, 0.25) is 0 Å². The van der Waals surface area contributed by atoms with Crippen LogP contribution in [0.3, 0.4) is 0 Å². The van der Waals surface area contributed by atoms with E-state index in [2.05, 4.69) is 26.7 Å². The number of alkyl halides is 3. The molecule has 2 aromatic heterocycles. The number of rotatable bonds is 6. The van der Waals surface area contributed by atoms with Crippen LogP contribution in [0.25, 0.3) is 0 Å². The number of halogens is 3. The molecule has 0 spiro atoms. The number of nitrogens with zero attached hydrogens (tertiary/aromatic N) is 2. The fourth-order valence-electron chi connectivity index (χ4n) is 1.76. The second-order valence-electron chi connectivity index (χ2n) is 4.58. The second kappa shape index (κ2) is 8.30. The lowest BCUT2D eigenvalue weighted by Crippen LogP contribution is -2.38. The number of thiophene rings is 1. The first kappa shape index (κ1) is 17.7. The third kappa shape index (κ3) is 5.83. The predicted octanol–water partition coefficient (Wildman–Crippen LogP) is 3.52. The molecule has 0 aromatic carbocycles. The number of thiazole rings is 1. The summed E-state index contributed by atoms with van der Waals surface area (Å²) >= 11 is 2.65. The van der Waals surface area contributed by atoms with Crippen LogP contribution in [0.2, 0.25) is 0 Å². The molecule has 0 unspecified atom stereocenters. The van der Waals surface area contributed by atoms with Gasteiger partial charge in [-0.3, -0.25) is 0 Å². The minimum Gasteiger partial charge on any atom is -0.357 e. The van der Waals surface area contributed by atoms with Gasteiger partial charge < -0.3 is 10.6 Å². The molecular formula is C14H17F3N4S2.